The van der Waals surface area contributed by atoms with Crippen LogP contribution in [0.3, 0.4) is 0 Å². The van der Waals surface area contributed by atoms with Crippen LogP contribution < -0.4 is 4.74 Å². The maximum absolute atomic E-state index is 13.4. The molecule has 0 amide bonds. The minimum absolute atomic E-state index is 0. The number of aliphatic hydroxyl groups is 1. The maximum Gasteiger partial charge on any atom is 0.217 e. The summed E-state index contributed by atoms with van der Waals surface area (Å²) in [5.41, 5.74) is -0.764. The fourth-order valence-corrected chi connectivity index (χ4v) is 3.08. The molecule has 0 fully saturated rings. The van der Waals surface area contributed by atoms with Crippen molar-refractivity contribution in [2.75, 3.05) is 0 Å². The largest absolute Gasteiger partial charge is 0.512 e. The van der Waals surface area contributed by atoms with E-state index in [-0.39, 0.29) is 42.9 Å². The molecule has 0 saturated carbocycles. The van der Waals surface area contributed by atoms with Crippen LogP contribution >= 0.6 is 0 Å². The monoisotopic (exact) mass is 665 g/mol. The third-order valence-corrected chi connectivity index (χ3v) is 5.33. The maximum atomic E-state index is 13.4. The van der Waals surface area contributed by atoms with Gasteiger partial charge in [0.1, 0.15) is 11.6 Å². The number of rotatable bonds is 3. The number of ether oxygens (including phenoxy) is 1. The van der Waals surface area contributed by atoms with Crippen LogP contribution in [-0.2, 0) is 24.9 Å². The van der Waals surface area contributed by atoms with E-state index in [4.69, 9.17) is 4.74 Å². The summed E-state index contributed by atoms with van der Waals surface area (Å²) in [5, 5.41) is 13.4. The van der Waals surface area contributed by atoms with Gasteiger partial charge in [-0.05, 0) is 28.3 Å². The molecule has 0 bridgehead atoms. The first-order valence-electron chi connectivity index (χ1n) is 11.4. The first kappa shape index (κ1) is 29.2. The molecule has 0 aliphatic rings. The first-order valence-corrected chi connectivity index (χ1v) is 11.4. The molecule has 1 aromatic heterocycles. The van der Waals surface area contributed by atoms with Crippen molar-refractivity contribution in [2.24, 2.45) is 10.8 Å². The van der Waals surface area contributed by atoms with Crippen molar-refractivity contribution in [3.05, 3.63) is 90.6 Å². The normalized spacial score (nSPS) is 11.9. The fourth-order valence-electron chi connectivity index (χ4n) is 3.08. The van der Waals surface area contributed by atoms with Crippen LogP contribution in [0.15, 0.2) is 78.7 Å². The van der Waals surface area contributed by atoms with Crippen molar-refractivity contribution in [1.82, 2.24) is 4.98 Å². The summed E-state index contributed by atoms with van der Waals surface area (Å²) >= 11 is 0. The number of nitrogens with zero attached hydrogens (tertiary/aromatic N) is 1. The number of hydrogen-bond acceptors (Lipinski definition) is 4. The molecule has 1 N–H and O–H groups in total. The number of ketones is 1. The van der Waals surface area contributed by atoms with E-state index in [1.165, 1.54) is 18.2 Å². The summed E-state index contributed by atoms with van der Waals surface area (Å²) in [7, 11) is 0. The average Bonchev–Trinajstić information content (AvgIpc) is 2.78. The van der Waals surface area contributed by atoms with Gasteiger partial charge in [-0.25, -0.2) is 9.37 Å². The Kier molecular flexibility index (Phi) is 9.53. The SMILES string of the molecule is CC(C)(C)C(=O)/C=C(\O)C(C)(C)C.Fc1ccc2c(ccc3cnc(Oc4[c-]cccc4)cc32)c1.[Ir]. The number of aromatic nitrogens is 1. The Hall–Kier alpha value is -3.08. The number of aliphatic hydroxyl groups excluding tert-OH is 1. The van der Waals surface area contributed by atoms with Crippen LogP contribution in [0, 0.1) is 22.7 Å². The summed E-state index contributed by atoms with van der Waals surface area (Å²) in [6, 6.07) is 20.8. The molecular formula is C30H31FIrNO3-. The Balaban J connectivity index is 0.000000285. The quantitative estimate of drug-likeness (QED) is 0.104. The summed E-state index contributed by atoms with van der Waals surface area (Å²) in [6.07, 6.45) is 3.09. The van der Waals surface area contributed by atoms with Gasteiger partial charge in [0, 0.05) is 60.4 Å². The van der Waals surface area contributed by atoms with E-state index in [9.17, 15) is 14.3 Å². The molecule has 191 valence electrons. The van der Waals surface area contributed by atoms with Crippen LogP contribution in [-0.4, -0.2) is 15.9 Å². The number of benzene rings is 3. The zero-order valence-corrected chi connectivity index (χ0v) is 23.7. The number of para-hydroxylation sites is 1. The van der Waals surface area contributed by atoms with E-state index in [1.54, 1.807) is 18.3 Å². The number of halogens is 1. The molecule has 0 aliphatic carbocycles. The molecule has 3 aromatic carbocycles. The number of carbonyl (C=O) groups excluding carboxylic acids is 1. The number of carbonyl (C=O) groups is 1. The molecule has 0 saturated heterocycles. The number of allylic oxidation sites excluding steroid dienone is 2. The van der Waals surface area contributed by atoms with Crippen molar-refractivity contribution in [2.45, 2.75) is 41.5 Å². The van der Waals surface area contributed by atoms with Gasteiger partial charge in [-0.1, -0.05) is 59.7 Å². The summed E-state index contributed by atoms with van der Waals surface area (Å²) in [5.74, 6) is 0.969. The predicted molar refractivity (Wildman–Crippen MR) is 139 cm³/mol. The number of pyridine rings is 1. The van der Waals surface area contributed by atoms with Gasteiger partial charge in [-0.3, -0.25) is 4.79 Å². The third-order valence-electron chi connectivity index (χ3n) is 5.33. The second-order valence-corrected chi connectivity index (χ2v) is 10.4. The minimum atomic E-state index is -0.417. The van der Waals surface area contributed by atoms with E-state index in [2.05, 4.69) is 11.1 Å². The van der Waals surface area contributed by atoms with Gasteiger partial charge in [-0.15, -0.1) is 12.1 Å². The molecule has 36 heavy (non-hydrogen) atoms. The standard InChI is InChI=1S/C19H11FNO.C11H20O2.Ir/c20-15-8-9-17-13(10-15)6-7-14-12-21-19(11-18(14)17)22-16-4-2-1-3-5-16;1-10(2,3)8(12)7-9(13)11(4,5)6;/h1-4,6-12H;7,12H,1-6H3;/q-1;;/b;8-7-;. The predicted octanol–water partition coefficient (Wildman–Crippen LogP) is 8.21. The third kappa shape index (κ3) is 7.71. The molecule has 1 heterocycles. The summed E-state index contributed by atoms with van der Waals surface area (Å²) in [6.45, 7) is 11.1. The van der Waals surface area contributed by atoms with Crippen LogP contribution in [0.1, 0.15) is 41.5 Å². The molecule has 4 rings (SSSR count). The second-order valence-electron chi connectivity index (χ2n) is 10.4. The van der Waals surface area contributed by atoms with Crippen molar-refractivity contribution < 1.29 is 39.1 Å². The number of fused-ring (bicyclic) bond motifs is 3. The van der Waals surface area contributed by atoms with Crippen LogP contribution in [0.25, 0.3) is 21.5 Å². The van der Waals surface area contributed by atoms with E-state index >= 15 is 0 Å². The van der Waals surface area contributed by atoms with Gasteiger partial charge in [0.2, 0.25) is 5.88 Å². The van der Waals surface area contributed by atoms with Gasteiger partial charge in [0.25, 0.3) is 0 Å². The van der Waals surface area contributed by atoms with Crippen LogP contribution in [0.5, 0.6) is 11.6 Å². The Morgan fingerprint density at radius 1 is 0.944 bits per heavy atom. The van der Waals surface area contributed by atoms with Gasteiger partial charge in [-0.2, -0.15) is 18.2 Å². The van der Waals surface area contributed by atoms with Crippen molar-refractivity contribution in [1.29, 1.82) is 0 Å². The molecule has 6 heteroatoms. The topological polar surface area (TPSA) is 59.4 Å². The van der Waals surface area contributed by atoms with E-state index in [0.717, 1.165) is 21.5 Å². The fraction of sp³-hybridized carbons (Fsp3) is 0.267. The average molecular weight is 665 g/mol. The Morgan fingerprint density at radius 2 is 1.64 bits per heavy atom. The van der Waals surface area contributed by atoms with Crippen molar-refractivity contribution in [3.8, 4) is 11.6 Å². The van der Waals surface area contributed by atoms with Gasteiger partial charge >= 0.3 is 0 Å². The summed E-state index contributed by atoms with van der Waals surface area (Å²) in [4.78, 5) is 15.8. The van der Waals surface area contributed by atoms with Crippen molar-refractivity contribution >= 4 is 27.3 Å². The van der Waals surface area contributed by atoms with Crippen molar-refractivity contribution in [3.63, 3.8) is 0 Å². The van der Waals surface area contributed by atoms with Gasteiger partial charge in [0.05, 0.1) is 0 Å². The molecule has 0 spiro atoms. The van der Waals surface area contributed by atoms with E-state index < -0.39 is 5.41 Å². The smallest absolute Gasteiger partial charge is 0.217 e. The Labute approximate surface area is 225 Å². The molecule has 0 atom stereocenters. The minimum Gasteiger partial charge on any atom is -0.512 e. The Bertz CT molecular complexity index is 1370. The number of hydrogen-bond donors (Lipinski definition) is 1. The van der Waals surface area contributed by atoms with Crippen LogP contribution in [0.4, 0.5) is 4.39 Å². The molecule has 1 radical (unpaired) electrons. The van der Waals surface area contributed by atoms with Gasteiger partial charge in [0.15, 0.2) is 5.78 Å². The zero-order chi connectivity index (χ0) is 25.8. The molecule has 4 nitrogen and oxygen atoms in total. The molecule has 0 unspecified atom stereocenters. The van der Waals surface area contributed by atoms with Crippen LogP contribution in [0.2, 0.25) is 0 Å². The molecule has 0 aliphatic heterocycles. The second kappa shape index (κ2) is 11.8. The Morgan fingerprint density at radius 3 is 2.25 bits per heavy atom. The summed E-state index contributed by atoms with van der Waals surface area (Å²) < 4.78 is 19.1. The molecule has 4 aromatic rings. The first-order chi connectivity index (χ1) is 16.3. The zero-order valence-electron chi connectivity index (χ0n) is 21.4. The van der Waals surface area contributed by atoms with E-state index in [1.807, 2.05) is 77.9 Å². The van der Waals surface area contributed by atoms with Gasteiger partial charge < -0.3 is 9.84 Å². The molecular weight excluding hydrogens is 634 g/mol. The van der Waals surface area contributed by atoms with E-state index in [0.29, 0.717) is 11.6 Å².